The number of hydrogen-bond acceptors (Lipinski definition) is 7. The summed E-state index contributed by atoms with van der Waals surface area (Å²) < 4.78 is 10.7. The lowest BCUT2D eigenvalue weighted by Gasteiger charge is -2.33. The maximum absolute atomic E-state index is 5.39. The second kappa shape index (κ2) is 7.35. The van der Waals surface area contributed by atoms with Crippen LogP contribution in [0.25, 0.3) is 0 Å². The van der Waals surface area contributed by atoms with Crippen LogP contribution in [0.2, 0.25) is 0 Å². The molecule has 0 radical (unpaired) electrons. The molecule has 1 N–H and O–H groups in total. The van der Waals surface area contributed by atoms with E-state index in [1.807, 2.05) is 24.3 Å². The van der Waals surface area contributed by atoms with E-state index in [4.69, 9.17) is 9.47 Å². The van der Waals surface area contributed by atoms with Crippen molar-refractivity contribution in [2.24, 2.45) is 0 Å². The molecule has 0 amide bonds. The Hall–Kier alpha value is -2.54. The molecular formula is C17H23N5O2. The molecule has 24 heavy (non-hydrogen) atoms. The second-order valence-electron chi connectivity index (χ2n) is 5.72. The van der Waals surface area contributed by atoms with Crippen LogP contribution in [-0.2, 0) is 0 Å². The Balaban J connectivity index is 1.80. The average Bonchev–Trinajstić information content (AvgIpc) is 2.62. The quantitative estimate of drug-likeness (QED) is 0.900. The largest absolute Gasteiger partial charge is 0.497 e. The molecular weight excluding hydrogens is 306 g/mol. The van der Waals surface area contributed by atoms with Crippen molar-refractivity contribution >= 4 is 17.5 Å². The number of hydrogen-bond donors (Lipinski definition) is 1. The fraction of sp³-hybridized carbons (Fsp3) is 0.412. The molecule has 0 saturated carbocycles. The zero-order valence-electron chi connectivity index (χ0n) is 14.3. The summed E-state index contributed by atoms with van der Waals surface area (Å²) in [6, 6.07) is 7.51. The zero-order chi connectivity index (χ0) is 16.9. The van der Waals surface area contributed by atoms with E-state index in [0.29, 0.717) is 11.7 Å². The number of nitrogens with one attached hydrogen (secondary N) is 1. The molecule has 1 aliphatic heterocycles. The Bertz CT molecular complexity index is 686. The maximum atomic E-state index is 5.39. The normalized spacial score (nSPS) is 15.2. The highest BCUT2D eigenvalue weighted by Crippen LogP contribution is 2.30. The fourth-order valence-corrected chi connectivity index (χ4v) is 2.65. The summed E-state index contributed by atoms with van der Waals surface area (Å²) >= 11 is 0. The van der Waals surface area contributed by atoms with Crippen LogP contribution in [0, 0.1) is 0 Å². The van der Waals surface area contributed by atoms with Gasteiger partial charge in [-0.15, -0.1) is 0 Å². The minimum Gasteiger partial charge on any atom is -0.497 e. The number of benzene rings is 1. The predicted molar refractivity (Wildman–Crippen MR) is 94.6 cm³/mol. The van der Waals surface area contributed by atoms with Gasteiger partial charge in [-0.05, 0) is 25.2 Å². The highest BCUT2D eigenvalue weighted by molar-refractivity contribution is 5.65. The number of likely N-dealkylation sites (N-methyl/N-ethyl adjacent to an activating group) is 1. The molecule has 1 fully saturated rings. The topological polar surface area (TPSA) is 62.8 Å². The highest BCUT2D eigenvalue weighted by Gasteiger charge is 2.16. The number of methoxy groups -OCH3 is 2. The molecule has 3 rings (SSSR count). The van der Waals surface area contributed by atoms with Crippen molar-refractivity contribution in [2.75, 3.05) is 57.7 Å². The molecule has 0 spiro atoms. The third-order valence-corrected chi connectivity index (χ3v) is 4.12. The first-order valence-corrected chi connectivity index (χ1v) is 7.95. The van der Waals surface area contributed by atoms with Gasteiger partial charge < -0.3 is 24.6 Å². The molecule has 1 aromatic heterocycles. The minimum atomic E-state index is 0.540. The van der Waals surface area contributed by atoms with Crippen molar-refractivity contribution in [3.8, 4) is 11.5 Å². The van der Waals surface area contributed by atoms with Crippen molar-refractivity contribution in [3.63, 3.8) is 0 Å². The summed E-state index contributed by atoms with van der Waals surface area (Å²) in [5, 5.41) is 3.22. The van der Waals surface area contributed by atoms with Gasteiger partial charge in [-0.2, -0.15) is 4.98 Å². The molecule has 0 bridgehead atoms. The monoisotopic (exact) mass is 329 g/mol. The van der Waals surface area contributed by atoms with Gasteiger partial charge >= 0.3 is 0 Å². The summed E-state index contributed by atoms with van der Waals surface area (Å²) in [5.41, 5.74) is 0.771. The average molecular weight is 329 g/mol. The Kier molecular flexibility index (Phi) is 5.00. The van der Waals surface area contributed by atoms with E-state index in [1.165, 1.54) is 0 Å². The van der Waals surface area contributed by atoms with Crippen LogP contribution in [-0.4, -0.2) is 62.3 Å². The van der Waals surface area contributed by atoms with E-state index < -0.39 is 0 Å². The Morgan fingerprint density at radius 2 is 1.83 bits per heavy atom. The van der Waals surface area contributed by atoms with Gasteiger partial charge in [-0.1, -0.05) is 0 Å². The molecule has 0 atom stereocenters. The second-order valence-corrected chi connectivity index (χ2v) is 5.72. The summed E-state index contributed by atoms with van der Waals surface area (Å²) in [5.74, 6) is 2.93. The third-order valence-electron chi connectivity index (χ3n) is 4.12. The van der Waals surface area contributed by atoms with Gasteiger partial charge in [-0.3, -0.25) is 0 Å². The van der Waals surface area contributed by atoms with E-state index in [1.54, 1.807) is 20.4 Å². The number of ether oxygens (including phenoxy) is 2. The first-order valence-electron chi connectivity index (χ1n) is 7.95. The first kappa shape index (κ1) is 16.3. The lowest BCUT2D eigenvalue weighted by Crippen LogP contribution is -2.44. The highest BCUT2D eigenvalue weighted by atomic mass is 16.5. The van der Waals surface area contributed by atoms with Crippen LogP contribution in [0.15, 0.2) is 30.5 Å². The van der Waals surface area contributed by atoms with E-state index in [-0.39, 0.29) is 0 Å². The van der Waals surface area contributed by atoms with Gasteiger partial charge in [0.25, 0.3) is 0 Å². The maximum Gasteiger partial charge on any atom is 0.229 e. The number of rotatable bonds is 5. The molecule has 2 aromatic rings. The molecule has 0 aliphatic carbocycles. The molecule has 7 heteroatoms. The molecule has 2 heterocycles. The smallest absolute Gasteiger partial charge is 0.229 e. The molecule has 1 aliphatic rings. The van der Waals surface area contributed by atoms with Crippen LogP contribution in [0.4, 0.5) is 17.5 Å². The summed E-state index contributed by atoms with van der Waals surface area (Å²) in [7, 11) is 5.41. The number of nitrogens with zero attached hydrogens (tertiary/aromatic N) is 4. The van der Waals surface area contributed by atoms with E-state index in [0.717, 1.165) is 43.4 Å². The fourth-order valence-electron chi connectivity index (χ4n) is 2.65. The summed E-state index contributed by atoms with van der Waals surface area (Å²) in [6.45, 7) is 4.01. The summed E-state index contributed by atoms with van der Waals surface area (Å²) in [6.07, 6.45) is 1.77. The van der Waals surface area contributed by atoms with E-state index in [2.05, 4.69) is 32.1 Å². The van der Waals surface area contributed by atoms with Crippen LogP contribution >= 0.6 is 0 Å². The predicted octanol–water partition coefficient (Wildman–Crippen LogP) is 1.99. The van der Waals surface area contributed by atoms with Crippen molar-refractivity contribution in [1.82, 2.24) is 14.9 Å². The number of anilines is 3. The van der Waals surface area contributed by atoms with Crippen molar-refractivity contribution in [2.45, 2.75) is 0 Å². The number of aromatic nitrogens is 2. The van der Waals surface area contributed by atoms with Crippen molar-refractivity contribution in [1.29, 1.82) is 0 Å². The standard InChI is InChI=1S/C17H23N5O2/c1-21-8-10-22(11-9-21)16-6-7-18-17(20-16)19-14-12-13(23-2)4-5-15(14)24-3/h4-7,12H,8-11H2,1-3H3,(H,18,19,20). The molecule has 128 valence electrons. The molecule has 0 unspecified atom stereocenters. The Morgan fingerprint density at radius 1 is 1.04 bits per heavy atom. The van der Waals surface area contributed by atoms with Crippen molar-refractivity contribution in [3.05, 3.63) is 30.5 Å². The van der Waals surface area contributed by atoms with Crippen LogP contribution < -0.4 is 19.7 Å². The van der Waals surface area contributed by atoms with Gasteiger partial charge in [0, 0.05) is 38.4 Å². The lowest BCUT2D eigenvalue weighted by molar-refractivity contribution is 0.312. The van der Waals surface area contributed by atoms with E-state index >= 15 is 0 Å². The Labute approximate surface area is 142 Å². The first-order chi connectivity index (χ1) is 11.7. The Morgan fingerprint density at radius 3 is 2.54 bits per heavy atom. The van der Waals surface area contributed by atoms with Crippen molar-refractivity contribution < 1.29 is 9.47 Å². The van der Waals surface area contributed by atoms with Gasteiger partial charge in [-0.25, -0.2) is 4.98 Å². The zero-order valence-corrected chi connectivity index (χ0v) is 14.3. The van der Waals surface area contributed by atoms with Crippen LogP contribution in [0.1, 0.15) is 0 Å². The molecule has 1 aromatic carbocycles. The van der Waals surface area contributed by atoms with Gasteiger partial charge in [0.1, 0.15) is 17.3 Å². The SMILES string of the molecule is COc1ccc(OC)c(Nc2nccc(N3CCN(C)CC3)n2)c1. The van der Waals surface area contributed by atoms with Gasteiger partial charge in [0.2, 0.25) is 5.95 Å². The summed E-state index contributed by atoms with van der Waals surface area (Å²) in [4.78, 5) is 13.5. The van der Waals surface area contributed by atoms with Gasteiger partial charge in [0.05, 0.1) is 19.9 Å². The van der Waals surface area contributed by atoms with Gasteiger partial charge in [0.15, 0.2) is 0 Å². The van der Waals surface area contributed by atoms with Crippen LogP contribution in [0.5, 0.6) is 11.5 Å². The molecule has 1 saturated heterocycles. The third kappa shape index (κ3) is 3.68. The number of piperazine rings is 1. The minimum absolute atomic E-state index is 0.540. The lowest BCUT2D eigenvalue weighted by atomic mass is 10.2. The van der Waals surface area contributed by atoms with Crippen LogP contribution in [0.3, 0.4) is 0 Å². The molecule has 7 nitrogen and oxygen atoms in total. The van der Waals surface area contributed by atoms with E-state index in [9.17, 15) is 0 Å².